The monoisotopic (exact) mass is 275 g/mol. The fraction of sp³-hybridized carbons (Fsp3) is 0.385. The minimum atomic E-state index is -0.866. The highest BCUT2D eigenvalue weighted by atomic mass is 16.4. The first-order valence-electron chi connectivity index (χ1n) is 6.25. The molecule has 0 spiro atoms. The van der Waals surface area contributed by atoms with Crippen LogP contribution in [0, 0.1) is 5.92 Å². The van der Waals surface area contributed by atoms with Gasteiger partial charge in [0.05, 0.1) is 12.5 Å². The summed E-state index contributed by atoms with van der Waals surface area (Å²) in [6, 6.07) is 7.77. The normalized spacial score (nSPS) is 12.2. The van der Waals surface area contributed by atoms with E-state index < -0.39 is 11.9 Å². The van der Waals surface area contributed by atoms with Crippen molar-refractivity contribution < 1.29 is 9.90 Å². The van der Waals surface area contributed by atoms with Crippen LogP contribution in [0.25, 0.3) is 11.4 Å². The quantitative estimate of drug-likeness (QED) is 0.880. The third-order valence-electron chi connectivity index (χ3n) is 3.04. The van der Waals surface area contributed by atoms with E-state index >= 15 is 0 Å². The molecule has 7 nitrogen and oxygen atoms in total. The van der Waals surface area contributed by atoms with E-state index in [1.807, 2.05) is 43.3 Å². The molecule has 20 heavy (non-hydrogen) atoms. The minimum absolute atomic E-state index is 0.243. The second kappa shape index (κ2) is 5.68. The van der Waals surface area contributed by atoms with Gasteiger partial charge in [-0.25, -0.2) is 4.68 Å². The first-order chi connectivity index (χ1) is 9.49. The van der Waals surface area contributed by atoms with Crippen molar-refractivity contribution in [2.24, 2.45) is 5.92 Å². The summed E-state index contributed by atoms with van der Waals surface area (Å²) in [5.41, 5.74) is 1.94. The van der Waals surface area contributed by atoms with Crippen LogP contribution in [0.4, 0.5) is 5.69 Å². The van der Waals surface area contributed by atoms with Gasteiger partial charge < -0.3 is 10.0 Å². The SMILES string of the molecule is CC(Cn1nnnc1-c1ccc(N(C)C)cc1)C(=O)O. The van der Waals surface area contributed by atoms with Gasteiger partial charge in [-0.2, -0.15) is 0 Å². The van der Waals surface area contributed by atoms with Gasteiger partial charge in [0, 0.05) is 25.3 Å². The third kappa shape index (κ3) is 2.93. The Morgan fingerprint density at radius 3 is 2.55 bits per heavy atom. The Morgan fingerprint density at radius 2 is 2.00 bits per heavy atom. The molecule has 7 heteroatoms. The van der Waals surface area contributed by atoms with Crippen LogP contribution in [0.15, 0.2) is 24.3 Å². The number of carboxylic acids is 1. The van der Waals surface area contributed by atoms with Gasteiger partial charge in [0.2, 0.25) is 0 Å². The fourth-order valence-electron chi connectivity index (χ4n) is 1.78. The number of rotatable bonds is 5. The smallest absolute Gasteiger partial charge is 0.308 e. The Bertz CT molecular complexity index is 591. The minimum Gasteiger partial charge on any atom is -0.481 e. The lowest BCUT2D eigenvalue weighted by Crippen LogP contribution is -2.18. The third-order valence-corrected chi connectivity index (χ3v) is 3.04. The summed E-state index contributed by atoms with van der Waals surface area (Å²) < 4.78 is 1.52. The molecule has 106 valence electrons. The first kappa shape index (κ1) is 14.0. The molecular formula is C13H17N5O2. The maximum atomic E-state index is 10.9. The Hall–Kier alpha value is -2.44. The topological polar surface area (TPSA) is 84.1 Å². The number of tetrazole rings is 1. The first-order valence-corrected chi connectivity index (χ1v) is 6.25. The Balaban J connectivity index is 2.25. The number of carbonyl (C=O) groups is 1. The van der Waals surface area contributed by atoms with Crippen LogP contribution >= 0.6 is 0 Å². The molecule has 1 aromatic carbocycles. The van der Waals surface area contributed by atoms with Crippen LogP contribution in [0.3, 0.4) is 0 Å². The number of aliphatic carboxylic acids is 1. The van der Waals surface area contributed by atoms with E-state index in [9.17, 15) is 4.79 Å². The molecule has 0 fully saturated rings. The standard InChI is InChI=1S/C13H17N5O2/c1-9(13(19)20)8-18-12(14-15-16-18)10-4-6-11(7-5-10)17(2)3/h4-7,9H,8H2,1-3H3,(H,19,20). The Kier molecular flexibility index (Phi) is 3.97. The Labute approximate surface area is 116 Å². The van der Waals surface area contributed by atoms with Gasteiger partial charge >= 0.3 is 5.97 Å². The lowest BCUT2D eigenvalue weighted by molar-refractivity contribution is -0.141. The van der Waals surface area contributed by atoms with Crippen LogP contribution in [-0.2, 0) is 11.3 Å². The molecule has 0 aliphatic carbocycles. The van der Waals surface area contributed by atoms with Crippen molar-refractivity contribution in [2.45, 2.75) is 13.5 Å². The van der Waals surface area contributed by atoms with Crippen LogP contribution < -0.4 is 4.90 Å². The predicted molar refractivity (Wildman–Crippen MR) is 74.4 cm³/mol. The largest absolute Gasteiger partial charge is 0.481 e. The van der Waals surface area contributed by atoms with Crippen molar-refractivity contribution in [3.05, 3.63) is 24.3 Å². The lowest BCUT2D eigenvalue weighted by atomic mass is 10.1. The summed E-state index contributed by atoms with van der Waals surface area (Å²) in [4.78, 5) is 12.9. The van der Waals surface area contributed by atoms with Gasteiger partial charge in [0.15, 0.2) is 5.82 Å². The van der Waals surface area contributed by atoms with Gasteiger partial charge in [-0.15, -0.1) is 5.10 Å². The highest BCUT2D eigenvalue weighted by Gasteiger charge is 2.16. The number of hydrogen-bond donors (Lipinski definition) is 1. The summed E-state index contributed by atoms with van der Waals surface area (Å²) in [5, 5.41) is 20.4. The van der Waals surface area contributed by atoms with Crippen molar-refractivity contribution in [3.8, 4) is 11.4 Å². The van der Waals surface area contributed by atoms with Crippen LogP contribution in [0.1, 0.15) is 6.92 Å². The summed E-state index contributed by atoms with van der Waals surface area (Å²) >= 11 is 0. The molecule has 0 saturated heterocycles. The highest BCUT2D eigenvalue weighted by Crippen LogP contribution is 2.20. The zero-order valence-electron chi connectivity index (χ0n) is 11.7. The molecule has 1 heterocycles. The van der Waals surface area contributed by atoms with Crippen molar-refractivity contribution in [2.75, 3.05) is 19.0 Å². The second-order valence-electron chi connectivity index (χ2n) is 4.87. The van der Waals surface area contributed by atoms with Gasteiger partial charge in [0.25, 0.3) is 0 Å². The zero-order chi connectivity index (χ0) is 14.7. The van der Waals surface area contributed by atoms with E-state index in [0.29, 0.717) is 5.82 Å². The second-order valence-corrected chi connectivity index (χ2v) is 4.87. The molecule has 1 N–H and O–H groups in total. The van der Waals surface area contributed by atoms with Crippen molar-refractivity contribution in [1.82, 2.24) is 20.2 Å². The molecule has 2 aromatic rings. The van der Waals surface area contributed by atoms with Gasteiger partial charge in [-0.05, 0) is 34.7 Å². The van der Waals surface area contributed by atoms with Crippen LogP contribution in [-0.4, -0.2) is 45.4 Å². The zero-order valence-corrected chi connectivity index (χ0v) is 11.7. The molecule has 0 aliphatic rings. The van der Waals surface area contributed by atoms with E-state index in [0.717, 1.165) is 11.3 Å². The van der Waals surface area contributed by atoms with Crippen LogP contribution in [0.2, 0.25) is 0 Å². The summed E-state index contributed by atoms with van der Waals surface area (Å²) in [7, 11) is 3.93. The predicted octanol–water partition coefficient (Wildman–Crippen LogP) is 1.13. The number of nitrogens with zero attached hydrogens (tertiary/aromatic N) is 5. The molecule has 1 atom stereocenters. The molecular weight excluding hydrogens is 258 g/mol. The molecule has 0 amide bonds. The molecule has 0 saturated carbocycles. The van der Waals surface area contributed by atoms with Gasteiger partial charge in [0.1, 0.15) is 0 Å². The Morgan fingerprint density at radius 1 is 1.35 bits per heavy atom. The van der Waals surface area contributed by atoms with Crippen molar-refractivity contribution in [3.63, 3.8) is 0 Å². The van der Waals surface area contributed by atoms with E-state index in [1.54, 1.807) is 6.92 Å². The highest BCUT2D eigenvalue weighted by molar-refractivity contribution is 5.69. The van der Waals surface area contributed by atoms with E-state index in [2.05, 4.69) is 15.5 Å². The summed E-state index contributed by atoms with van der Waals surface area (Å²) in [6.45, 7) is 1.87. The van der Waals surface area contributed by atoms with Crippen molar-refractivity contribution >= 4 is 11.7 Å². The maximum absolute atomic E-state index is 10.9. The fourth-order valence-corrected chi connectivity index (χ4v) is 1.78. The van der Waals surface area contributed by atoms with Crippen LogP contribution in [0.5, 0.6) is 0 Å². The lowest BCUT2D eigenvalue weighted by Gasteiger charge is -2.13. The number of aromatic nitrogens is 4. The van der Waals surface area contributed by atoms with Gasteiger partial charge in [-0.1, -0.05) is 6.92 Å². The molecule has 2 rings (SSSR count). The number of hydrogen-bond acceptors (Lipinski definition) is 5. The summed E-state index contributed by atoms with van der Waals surface area (Å²) in [6.07, 6.45) is 0. The average molecular weight is 275 g/mol. The number of anilines is 1. The number of carboxylic acid groups (broad SMARTS) is 1. The van der Waals surface area contributed by atoms with E-state index in [1.165, 1.54) is 4.68 Å². The molecule has 1 unspecified atom stereocenters. The molecule has 1 aromatic heterocycles. The average Bonchev–Trinajstić information content (AvgIpc) is 2.86. The molecule has 0 aliphatic heterocycles. The maximum Gasteiger partial charge on any atom is 0.308 e. The van der Waals surface area contributed by atoms with Crippen molar-refractivity contribution in [1.29, 1.82) is 0 Å². The van der Waals surface area contributed by atoms with Gasteiger partial charge in [-0.3, -0.25) is 4.79 Å². The summed E-state index contributed by atoms with van der Waals surface area (Å²) in [5.74, 6) is -0.837. The molecule has 0 bridgehead atoms. The number of benzene rings is 1. The van der Waals surface area contributed by atoms with E-state index in [-0.39, 0.29) is 6.54 Å². The van der Waals surface area contributed by atoms with E-state index in [4.69, 9.17) is 5.11 Å². The molecule has 0 radical (unpaired) electrons.